The molecule has 0 aliphatic rings. The van der Waals surface area contributed by atoms with Gasteiger partial charge in [0.2, 0.25) is 0 Å². The molecule has 0 bridgehead atoms. The molecule has 0 unspecified atom stereocenters. The first-order valence-corrected chi connectivity index (χ1v) is 8.84. The lowest BCUT2D eigenvalue weighted by atomic mass is 9.87. The van der Waals surface area contributed by atoms with E-state index in [1.807, 2.05) is 25.5 Å². The van der Waals surface area contributed by atoms with Crippen molar-refractivity contribution in [3.05, 3.63) is 30.1 Å². The van der Waals surface area contributed by atoms with E-state index in [9.17, 15) is 0 Å². The Hall–Kier alpha value is -2.03. The van der Waals surface area contributed by atoms with E-state index >= 15 is 0 Å². The van der Waals surface area contributed by atoms with E-state index in [0.717, 1.165) is 22.6 Å². The third-order valence-electron chi connectivity index (χ3n) is 3.77. The number of nitrogens with zero attached hydrogens (tertiary/aromatic N) is 4. The van der Waals surface area contributed by atoms with E-state index in [-0.39, 0.29) is 5.41 Å². The normalized spacial score (nSPS) is 12.2. The number of aromatic amines is 1. The number of halogens is 1. The van der Waals surface area contributed by atoms with Gasteiger partial charge in [-0.1, -0.05) is 20.8 Å². The molecule has 3 aromatic rings. The van der Waals surface area contributed by atoms with Crippen molar-refractivity contribution in [1.29, 1.82) is 0 Å². The highest BCUT2D eigenvalue weighted by atomic mass is 127. The second-order valence-corrected chi connectivity index (χ2v) is 7.06. The Labute approximate surface area is 154 Å². The van der Waals surface area contributed by atoms with Crippen LogP contribution in [0.2, 0.25) is 0 Å². The van der Waals surface area contributed by atoms with Crippen molar-refractivity contribution in [1.82, 2.24) is 19.9 Å². The van der Waals surface area contributed by atoms with Gasteiger partial charge in [-0.3, -0.25) is 4.98 Å². The van der Waals surface area contributed by atoms with Gasteiger partial charge in [0.1, 0.15) is 11.3 Å². The first-order valence-electron chi connectivity index (χ1n) is 7.59. The Balaban J connectivity index is 2.11. The summed E-state index contributed by atoms with van der Waals surface area (Å²) in [5, 5.41) is 3.10. The second kappa shape index (κ2) is 6.46. The predicted molar refractivity (Wildman–Crippen MR) is 108 cm³/mol. The highest BCUT2D eigenvalue weighted by Gasteiger charge is 2.16. The van der Waals surface area contributed by atoms with Gasteiger partial charge in [-0.2, -0.15) is 0 Å². The summed E-state index contributed by atoms with van der Waals surface area (Å²) in [6.45, 7) is 6.50. The van der Waals surface area contributed by atoms with Crippen LogP contribution in [0.1, 0.15) is 26.3 Å². The fourth-order valence-electron chi connectivity index (χ4n) is 2.38. The van der Waals surface area contributed by atoms with E-state index in [2.05, 4.69) is 79.7 Å². The van der Waals surface area contributed by atoms with Crippen LogP contribution in [0.4, 0.5) is 11.5 Å². The molecule has 0 amide bonds. The van der Waals surface area contributed by atoms with Gasteiger partial charge in [-0.15, -0.1) is 0 Å². The van der Waals surface area contributed by atoms with Gasteiger partial charge in [-0.05, 0) is 45.7 Å². The Morgan fingerprint density at radius 3 is 2.67 bits per heavy atom. The van der Waals surface area contributed by atoms with Gasteiger partial charge < -0.3 is 10.3 Å². The van der Waals surface area contributed by atoms with E-state index < -0.39 is 0 Å². The summed E-state index contributed by atoms with van der Waals surface area (Å²) < 4.78 is 1.70. The highest BCUT2D eigenvalue weighted by molar-refractivity contribution is 14.1. The molecular weight excluding hydrogens is 415 g/mol. The van der Waals surface area contributed by atoms with Crippen molar-refractivity contribution in [3.63, 3.8) is 0 Å². The van der Waals surface area contributed by atoms with Crippen molar-refractivity contribution in [2.24, 2.45) is 4.99 Å². The molecule has 0 radical (unpaired) electrons. The quantitative estimate of drug-likeness (QED) is 0.472. The number of pyridine rings is 2. The van der Waals surface area contributed by atoms with Gasteiger partial charge in [-0.25, -0.2) is 15.0 Å². The molecule has 0 fully saturated rings. The van der Waals surface area contributed by atoms with Crippen LogP contribution in [-0.2, 0) is 5.41 Å². The number of anilines is 1. The van der Waals surface area contributed by atoms with Crippen molar-refractivity contribution in [2.45, 2.75) is 26.2 Å². The molecule has 0 aromatic carbocycles. The van der Waals surface area contributed by atoms with Gasteiger partial charge in [0.25, 0.3) is 0 Å². The summed E-state index contributed by atoms with van der Waals surface area (Å²) in [5.41, 5.74) is 4.50. The number of imidazole rings is 1. The summed E-state index contributed by atoms with van der Waals surface area (Å²) in [4.78, 5) is 21.1. The zero-order valence-corrected chi connectivity index (χ0v) is 16.2. The zero-order chi connectivity index (χ0) is 17.3. The highest BCUT2D eigenvalue weighted by Crippen LogP contribution is 2.29. The molecule has 0 aliphatic heterocycles. The molecule has 0 aliphatic carbocycles. The number of nitrogens with one attached hydrogen (secondary N) is 2. The fraction of sp³-hybridized carbons (Fsp3) is 0.294. The van der Waals surface area contributed by atoms with Crippen LogP contribution in [0.25, 0.3) is 22.6 Å². The molecule has 0 saturated heterocycles. The van der Waals surface area contributed by atoms with E-state index in [1.54, 1.807) is 4.22 Å². The number of aliphatic imine (C=N–C) groups is 1. The number of hydrogen-bond acceptors (Lipinski definition) is 5. The summed E-state index contributed by atoms with van der Waals surface area (Å²) in [6.07, 6.45) is 3.71. The van der Waals surface area contributed by atoms with Crippen LogP contribution in [0.15, 0.2) is 29.5 Å². The largest absolute Gasteiger partial charge is 0.385 e. The number of rotatable bonds is 3. The van der Waals surface area contributed by atoms with Crippen LogP contribution >= 0.6 is 22.6 Å². The average Bonchev–Trinajstić information content (AvgIpc) is 2.96. The molecule has 0 atom stereocenters. The molecule has 124 valence electrons. The third kappa shape index (κ3) is 3.26. The third-order valence-corrected chi connectivity index (χ3v) is 4.05. The second-order valence-electron chi connectivity index (χ2n) is 6.50. The molecule has 3 rings (SSSR count). The minimum absolute atomic E-state index is 0.0365. The van der Waals surface area contributed by atoms with Crippen LogP contribution < -0.4 is 5.32 Å². The number of H-pyrrole nitrogens is 1. The molecule has 24 heavy (non-hydrogen) atoms. The Morgan fingerprint density at radius 2 is 2.00 bits per heavy atom. The summed E-state index contributed by atoms with van der Waals surface area (Å²) in [6, 6.07) is 4.07. The number of fused-ring (bicyclic) bond motifs is 1. The van der Waals surface area contributed by atoms with Crippen LogP contribution in [-0.4, -0.2) is 31.2 Å². The van der Waals surface area contributed by atoms with E-state index in [0.29, 0.717) is 11.5 Å². The minimum atomic E-state index is 0.0365. The fourth-order valence-corrected chi connectivity index (χ4v) is 2.64. The summed E-state index contributed by atoms with van der Waals surface area (Å²) >= 11 is 2.08. The molecule has 0 saturated carbocycles. The van der Waals surface area contributed by atoms with Crippen LogP contribution in [0.3, 0.4) is 0 Å². The summed E-state index contributed by atoms with van der Waals surface area (Å²) in [5.74, 6) is 1.39. The SMILES string of the molecule is CNc1cc2nc(-c3cncc(C(C)(C)C)c3)[nH]c2nc1/N=C/I. The lowest BCUT2D eigenvalue weighted by Gasteiger charge is -2.18. The number of aromatic nitrogens is 4. The smallest absolute Gasteiger partial charge is 0.178 e. The van der Waals surface area contributed by atoms with Gasteiger partial charge >= 0.3 is 0 Å². The van der Waals surface area contributed by atoms with Crippen molar-refractivity contribution >= 4 is 49.5 Å². The van der Waals surface area contributed by atoms with Crippen LogP contribution in [0, 0.1) is 0 Å². The minimum Gasteiger partial charge on any atom is -0.385 e. The summed E-state index contributed by atoms with van der Waals surface area (Å²) in [7, 11) is 1.85. The van der Waals surface area contributed by atoms with Crippen molar-refractivity contribution < 1.29 is 0 Å². The zero-order valence-electron chi connectivity index (χ0n) is 14.1. The van der Waals surface area contributed by atoms with Gasteiger partial charge in [0.15, 0.2) is 11.5 Å². The monoisotopic (exact) mass is 434 g/mol. The van der Waals surface area contributed by atoms with Gasteiger partial charge in [0.05, 0.1) is 9.91 Å². The molecule has 3 aromatic heterocycles. The Kier molecular flexibility index (Phi) is 4.53. The first-order chi connectivity index (χ1) is 11.4. The number of hydrogen-bond donors (Lipinski definition) is 2. The van der Waals surface area contributed by atoms with E-state index in [4.69, 9.17) is 0 Å². The molecule has 7 heteroatoms. The maximum atomic E-state index is 4.66. The molecular formula is C17H19IN6. The first kappa shape index (κ1) is 16.8. The van der Waals surface area contributed by atoms with Crippen LogP contribution in [0.5, 0.6) is 0 Å². The average molecular weight is 434 g/mol. The maximum Gasteiger partial charge on any atom is 0.178 e. The lowest BCUT2D eigenvalue weighted by molar-refractivity contribution is 0.587. The van der Waals surface area contributed by atoms with Crippen molar-refractivity contribution in [3.8, 4) is 11.4 Å². The standard InChI is InChI=1S/C17H19IN6/c1-17(2,3)11-5-10(7-20-8-11)14-22-13-6-12(19-4)15(21-9-18)24-16(13)23-14/h5-9,19H,1-4H3,(H,22,23,24)/b21-9+. The van der Waals surface area contributed by atoms with Gasteiger partial charge in [0, 0.05) is 25.0 Å². The lowest BCUT2D eigenvalue weighted by Crippen LogP contribution is -2.11. The molecule has 6 nitrogen and oxygen atoms in total. The predicted octanol–water partition coefficient (Wildman–Crippen LogP) is 4.45. The maximum absolute atomic E-state index is 4.66. The Morgan fingerprint density at radius 1 is 1.21 bits per heavy atom. The van der Waals surface area contributed by atoms with E-state index in [1.165, 1.54) is 5.56 Å². The molecule has 0 spiro atoms. The topological polar surface area (TPSA) is 78.9 Å². The molecule has 3 heterocycles. The van der Waals surface area contributed by atoms with Crippen molar-refractivity contribution in [2.75, 3.05) is 12.4 Å². The molecule has 2 N–H and O–H groups in total. The Bertz CT molecular complexity index is 907.